The van der Waals surface area contributed by atoms with Gasteiger partial charge < -0.3 is 5.32 Å². The molecule has 2 aromatic carbocycles. The summed E-state index contributed by atoms with van der Waals surface area (Å²) in [5.74, 6) is -0.707. The van der Waals surface area contributed by atoms with Crippen molar-refractivity contribution in [3.05, 3.63) is 70.5 Å². The Kier molecular flexibility index (Phi) is 4.71. The second-order valence-electron chi connectivity index (χ2n) is 5.72. The Morgan fingerprint density at radius 1 is 1.17 bits per heavy atom. The van der Waals surface area contributed by atoms with Crippen LogP contribution in [-0.4, -0.2) is 10.9 Å². The highest BCUT2D eigenvalue weighted by atomic mass is 32.1. The van der Waals surface area contributed by atoms with Crippen molar-refractivity contribution >= 4 is 22.9 Å². The number of rotatable bonds is 4. The van der Waals surface area contributed by atoms with E-state index in [9.17, 15) is 9.18 Å². The summed E-state index contributed by atoms with van der Waals surface area (Å²) in [5.41, 5.74) is 3.89. The normalized spacial score (nSPS) is 10.6. The van der Waals surface area contributed by atoms with E-state index in [4.69, 9.17) is 0 Å². The van der Waals surface area contributed by atoms with Crippen molar-refractivity contribution in [1.29, 1.82) is 0 Å². The lowest BCUT2D eigenvalue weighted by molar-refractivity contribution is -0.115. The molecule has 122 valence electrons. The molecule has 0 radical (unpaired) electrons. The van der Waals surface area contributed by atoms with E-state index in [1.54, 1.807) is 19.1 Å². The first kappa shape index (κ1) is 16.3. The maximum atomic E-state index is 13.8. The minimum atomic E-state index is -0.429. The molecule has 0 aliphatic carbocycles. The fourth-order valence-corrected chi connectivity index (χ4v) is 3.20. The van der Waals surface area contributed by atoms with Gasteiger partial charge in [0, 0.05) is 10.9 Å². The Morgan fingerprint density at radius 3 is 2.71 bits per heavy atom. The van der Waals surface area contributed by atoms with E-state index >= 15 is 0 Å². The second kappa shape index (κ2) is 6.93. The monoisotopic (exact) mass is 340 g/mol. The number of nitrogens with zero attached hydrogens (tertiary/aromatic N) is 1. The highest BCUT2D eigenvalue weighted by molar-refractivity contribution is 7.13. The molecule has 1 N–H and O–H groups in total. The summed E-state index contributed by atoms with van der Waals surface area (Å²) in [5, 5.41) is 5.34. The average molecular weight is 340 g/mol. The molecule has 0 atom stereocenters. The van der Waals surface area contributed by atoms with Gasteiger partial charge in [-0.1, -0.05) is 29.8 Å². The summed E-state index contributed by atoms with van der Waals surface area (Å²) in [7, 11) is 0. The Bertz CT molecular complexity index is 889. The molecule has 0 bridgehead atoms. The third-order valence-corrected chi connectivity index (χ3v) is 4.50. The van der Waals surface area contributed by atoms with Crippen LogP contribution in [0.3, 0.4) is 0 Å². The Balaban J connectivity index is 1.69. The molecule has 1 aromatic heterocycles. The van der Waals surface area contributed by atoms with Gasteiger partial charge in [-0.25, -0.2) is 9.37 Å². The molecule has 24 heavy (non-hydrogen) atoms. The van der Waals surface area contributed by atoms with E-state index in [1.165, 1.54) is 17.4 Å². The molecule has 0 fully saturated rings. The smallest absolute Gasteiger partial charge is 0.230 e. The van der Waals surface area contributed by atoms with E-state index in [-0.39, 0.29) is 18.0 Å². The fourth-order valence-electron chi connectivity index (χ4n) is 2.38. The first-order valence-corrected chi connectivity index (χ1v) is 8.46. The Morgan fingerprint density at radius 2 is 1.96 bits per heavy atom. The quantitative estimate of drug-likeness (QED) is 0.745. The number of hydrogen-bond donors (Lipinski definition) is 1. The van der Waals surface area contributed by atoms with Crippen molar-refractivity contribution in [3.8, 4) is 10.6 Å². The Labute approximate surface area is 144 Å². The van der Waals surface area contributed by atoms with Gasteiger partial charge in [0.15, 0.2) is 0 Å². The molecule has 0 saturated carbocycles. The third kappa shape index (κ3) is 3.86. The van der Waals surface area contributed by atoms with Crippen LogP contribution in [0.25, 0.3) is 10.6 Å². The van der Waals surface area contributed by atoms with Gasteiger partial charge in [0.1, 0.15) is 10.8 Å². The summed E-state index contributed by atoms with van der Waals surface area (Å²) < 4.78 is 13.8. The SMILES string of the molecule is Cc1cccc(-c2nc(CC(=O)Nc3ccc(C)cc3F)cs2)c1. The number of aromatic nitrogens is 1. The minimum absolute atomic E-state index is 0.121. The second-order valence-corrected chi connectivity index (χ2v) is 6.58. The summed E-state index contributed by atoms with van der Waals surface area (Å²) in [6.45, 7) is 3.83. The van der Waals surface area contributed by atoms with Gasteiger partial charge in [-0.3, -0.25) is 4.79 Å². The summed E-state index contributed by atoms with van der Waals surface area (Å²) >= 11 is 1.50. The lowest BCUT2D eigenvalue weighted by atomic mass is 10.1. The largest absolute Gasteiger partial charge is 0.323 e. The van der Waals surface area contributed by atoms with Crippen molar-refractivity contribution in [1.82, 2.24) is 4.98 Å². The van der Waals surface area contributed by atoms with Gasteiger partial charge in [-0.2, -0.15) is 0 Å². The molecule has 3 nitrogen and oxygen atoms in total. The van der Waals surface area contributed by atoms with Crippen LogP contribution in [0.2, 0.25) is 0 Å². The van der Waals surface area contributed by atoms with Gasteiger partial charge in [-0.05, 0) is 37.6 Å². The first-order valence-electron chi connectivity index (χ1n) is 7.59. The van der Waals surface area contributed by atoms with Crippen LogP contribution in [-0.2, 0) is 11.2 Å². The lowest BCUT2D eigenvalue weighted by Gasteiger charge is -2.06. The molecule has 1 amide bonds. The van der Waals surface area contributed by atoms with Crippen LogP contribution in [0.1, 0.15) is 16.8 Å². The van der Waals surface area contributed by atoms with E-state index < -0.39 is 5.82 Å². The third-order valence-electron chi connectivity index (χ3n) is 3.56. The molecule has 0 spiro atoms. The fraction of sp³-hybridized carbons (Fsp3) is 0.158. The lowest BCUT2D eigenvalue weighted by Crippen LogP contribution is -2.15. The number of carbonyl (C=O) groups is 1. The van der Waals surface area contributed by atoms with Crippen LogP contribution >= 0.6 is 11.3 Å². The van der Waals surface area contributed by atoms with Crippen molar-refractivity contribution in [2.75, 3.05) is 5.32 Å². The maximum absolute atomic E-state index is 13.8. The number of anilines is 1. The predicted molar refractivity (Wildman–Crippen MR) is 95.8 cm³/mol. The van der Waals surface area contributed by atoms with Crippen LogP contribution < -0.4 is 5.32 Å². The molecule has 0 saturated heterocycles. The van der Waals surface area contributed by atoms with E-state index in [1.807, 2.05) is 30.5 Å². The van der Waals surface area contributed by atoms with Crippen LogP contribution in [0.4, 0.5) is 10.1 Å². The van der Waals surface area contributed by atoms with Crippen molar-refractivity contribution in [3.63, 3.8) is 0 Å². The molecule has 0 aliphatic heterocycles. The number of carbonyl (C=O) groups excluding carboxylic acids is 1. The molecule has 0 unspecified atom stereocenters. The van der Waals surface area contributed by atoms with Crippen LogP contribution in [0, 0.1) is 19.7 Å². The summed E-state index contributed by atoms with van der Waals surface area (Å²) in [4.78, 5) is 16.6. The number of halogens is 1. The van der Waals surface area contributed by atoms with Crippen LogP contribution in [0.5, 0.6) is 0 Å². The van der Waals surface area contributed by atoms with E-state index in [0.717, 1.165) is 21.7 Å². The summed E-state index contributed by atoms with van der Waals surface area (Å²) in [6, 6.07) is 12.8. The zero-order chi connectivity index (χ0) is 17.1. The number of hydrogen-bond acceptors (Lipinski definition) is 3. The number of thiazole rings is 1. The van der Waals surface area contributed by atoms with Gasteiger partial charge >= 0.3 is 0 Å². The topological polar surface area (TPSA) is 42.0 Å². The van der Waals surface area contributed by atoms with E-state index in [0.29, 0.717) is 5.69 Å². The number of amides is 1. The molecule has 1 heterocycles. The minimum Gasteiger partial charge on any atom is -0.323 e. The van der Waals surface area contributed by atoms with Crippen molar-refractivity contribution in [2.45, 2.75) is 20.3 Å². The Hall–Kier alpha value is -2.53. The van der Waals surface area contributed by atoms with Gasteiger partial charge in [0.05, 0.1) is 17.8 Å². The number of nitrogens with one attached hydrogen (secondary N) is 1. The maximum Gasteiger partial charge on any atom is 0.230 e. The van der Waals surface area contributed by atoms with Crippen molar-refractivity contribution in [2.24, 2.45) is 0 Å². The molecular weight excluding hydrogens is 323 g/mol. The number of benzene rings is 2. The highest BCUT2D eigenvalue weighted by Crippen LogP contribution is 2.25. The predicted octanol–water partition coefficient (Wildman–Crippen LogP) is 4.75. The van der Waals surface area contributed by atoms with Gasteiger partial charge in [0.25, 0.3) is 0 Å². The molecule has 3 aromatic rings. The zero-order valence-electron chi connectivity index (χ0n) is 13.5. The molecule has 5 heteroatoms. The highest BCUT2D eigenvalue weighted by Gasteiger charge is 2.11. The van der Waals surface area contributed by atoms with Crippen LogP contribution in [0.15, 0.2) is 47.8 Å². The van der Waals surface area contributed by atoms with Gasteiger partial charge in [0.2, 0.25) is 5.91 Å². The number of aryl methyl sites for hydroxylation is 2. The van der Waals surface area contributed by atoms with Crippen molar-refractivity contribution < 1.29 is 9.18 Å². The van der Waals surface area contributed by atoms with Gasteiger partial charge in [-0.15, -0.1) is 11.3 Å². The molecule has 0 aliphatic rings. The molecule has 3 rings (SSSR count). The molecular formula is C19H17FN2OS. The standard InChI is InChI=1S/C19H17FN2OS/c1-12-4-3-5-14(8-12)19-21-15(11-24-19)10-18(23)22-17-7-6-13(2)9-16(17)20/h3-9,11H,10H2,1-2H3,(H,22,23). The summed E-state index contributed by atoms with van der Waals surface area (Å²) in [6.07, 6.45) is 0.121. The first-order chi connectivity index (χ1) is 11.5. The average Bonchev–Trinajstić information content (AvgIpc) is 2.98. The van der Waals surface area contributed by atoms with E-state index in [2.05, 4.69) is 16.4 Å². The zero-order valence-corrected chi connectivity index (χ0v) is 14.3.